The van der Waals surface area contributed by atoms with Gasteiger partial charge in [-0.3, -0.25) is 10.1 Å². The Morgan fingerprint density at radius 2 is 1.95 bits per heavy atom. The summed E-state index contributed by atoms with van der Waals surface area (Å²) in [5, 5.41) is 3.44. The van der Waals surface area contributed by atoms with Crippen LogP contribution in [0.4, 0.5) is 0 Å². The van der Waals surface area contributed by atoms with E-state index in [1.165, 1.54) is 11.1 Å². The first-order valence-corrected chi connectivity index (χ1v) is 8.05. The van der Waals surface area contributed by atoms with E-state index < -0.39 is 0 Å². The van der Waals surface area contributed by atoms with Crippen LogP contribution in [0.15, 0.2) is 24.3 Å². The lowest BCUT2D eigenvalue weighted by Crippen LogP contribution is -2.38. The molecule has 1 aromatic carbocycles. The minimum atomic E-state index is -0.1000. The van der Waals surface area contributed by atoms with E-state index in [1.807, 2.05) is 11.8 Å². The average Bonchev–Trinajstić information content (AvgIpc) is 2.72. The number of benzene rings is 1. The van der Waals surface area contributed by atoms with Crippen LogP contribution in [0.3, 0.4) is 0 Å². The summed E-state index contributed by atoms with van der Waals surface area (Å²) < 4.78 is 0. The van der Waals surface area contributed by atoms with Gasteiger partial charge in [-0.1, -0.05) is 43.7 Å². The van der Waals surface area contributed by atoms with Crippen LogP contribution in [-0.4, -0.2) is 22.9 Å². The minimum Gasteiger partial charge on any atom is -0.319 e. The molecular formula is C18H28N2O. The summed E-state index contributed by atoms with van der Waals surface area (Å²) >= 11 is 0. The molecule has 3 nitrogen and oxygen atoms in total. The van der Waals surface area contributed by atoms with Crippen molar-refractivity contribution >= 4 is 5.91 Å². The van der Waals surface area contributed by atoms with E-state index in [1.54, 1.807) is 0 Å². The SMILES string of the molecule is Cc1cccc(C2NC(C)C(=O)N2C(C)CCC(C)C)c1. The highest BCUT2D eigenvalue weighted by Crippen LogP contribution is 2.29. The number of rotatable bonds is 5. The molecule has 1 aliphatic heterocycles. The van der Waals surface area contributed by atoms with Crippen LogP contribution in [0.1, 0.15) is 57.8 Å². The molecule has 0 radical (unpaired) electrons. The van der Waals surface area contributed by atoms with Gasteiger partial charge in [0.05, 0.1) is 6.04 Å². The first-order valence-electron chi connectivity index (χ1n) is 8.05. The van der Waals surface area contributed by atoms with Crippen molar-refractivity contribution in [3.63, 3.8) is 0 Å². The highest BCUT2D eigenvalue weighted by Gasteiger charge is 2.39. The lowest BCUT2D eigenvalue weighted by Gasteiger charge is -2.31. The van der Waals surface area contributed by atoms with Crippen LogP contribution < -0.4 is 5.32 Å². The Kier molecular flexibility index (Phi) is 5.04. The highest BCUT2D eigenvalue weighted by molar-refractivity contribution is 5.84. The first kappa shape index (κ1) is 16.0. The summed E-state index contributed by atoms with van der Waals surface area (Å²) in [4.78, 5) is 14.6. The Balaban J connectivity index is 2.20. The van der Waals surface area contributed by atoms with Crippen LogP contribution in [-0.2, 0) is 4.79 Å². The van der Waals surface area contributed by atoms with Gasteiger partial charge in [-0.05, 0) is 45.1 Å². The van der Waals surface area contributed by atoms with Crippen molar-refractivity contribution in [1.82, 2.24) is 10.2 Å². The number of aryl methyl sites for hydroxylation is 1. The summed E-state index contributed by atoms with van der Waals surface area (Å²) in [7, 11) is 0. The smallest absolute Gasteiger partial charge is 0.241 e. The Hall–Kier alpha value is -1.35. The normalized spacial score (nSPS) is 23.9. The summed E-state index contributed by atoms with van der Waals surface area (Å²) in [5.41, 5.74) is 2.42. The van der Waals surface area contributed by atoms with Crippen molar-refractivity contribution < 1.29 is 4.79 Å². The van der Waals surface area contributed by atoms with E-state index in [9.17, 15) is 4.79 Å². The highest BCUT2D eigenvalue weighted by atomic mass is 16.2. The summed E-state index contributed by atoms with van der Waals surface area (Å²) in [5.74, 6) is 0.894. The van der Waals surface area contributed by atoms with Gasteiger partial charge in [0.15, 0.2) is 0 Å². The third kappa shape index (κ3) is 3.65. The predicted octanol–water partition coefficient (Wildman–Crippen LogP) is 3.64. The lowest BCUT2D eigenvalue weighted by molar-refractivity contribution is -0.132. The largest absolute Gasteiger partial charge is 0.319 e. The molecule has 3 unspecified atom stereocenters. The van der Waals surface area contributed by atoms with Crippen LogP contribution in [0.5, 0.6) is 0 Å². The number of nitrogens with one attached hydrogen (secondary N) is 1. The zero-order chi connectivity index (χ0) is 15.6. The molecule has 0 spiro atoms. The van der Waals surface area contributed by atoms with Crippen LogP contribution in [0.2, 0.25) is 0 Å². The number of amides is 1. The summed E-state index contributed by atoms with van der Waals surface area (Å²) in [6.45, 7) is 10.7. The van der Waals surface area contributed by atoms with Gasteiger partial charge in [0.1, 0.15) is 6.17 Å². The standard InChI is InChI=1S/C18H28N2O/c1-12(2)9-10-14(4)20-17(19-15(5)18(20)21)16-8-6-7-13(3)11-16/h6-8,11-12,14-15,17,19H,9-10H2,1-5H3. The van der Waals surface area contributed by atoms with Gasteiger partial charge in [-0.25, -0.2) is 0 Å². The second kappa shape index (κ2) is 6.61. The summed E-state index contributed by atoms with van der Waals surface area (Å²) in [6.07, 6.45) is 2.22. The molecule has 116 valence electrons. The fraction of sp³-hybridized carbons (Fsp3) is 0.611. The number of nitrogens with zero attached hydrogens (tertiary/aromatic N) is 1. The molecule has 1 saturated heterocycles. The molecule has 1 heterocycles. The Morgan fingerprint density at radius 1 is 1.24 bits per heavy atom. The zero-order valence-electron chi connectivity index (χ0n) is 13.9. The second-order valence-electron chi connectivity index (χ2n) is 6.77. The molecule has 1 amide bonds. The Morgan fingerprint density at radius 3 is 2.57 bits per heavy atom. The van der Waals surface area contributed by atoms with Gasteiger partial charge >= 0.3 is 0 Å². The molecule has 3 heteroatoms. The van der Waals surface area contributed by atoms with E-state index in [0.717, 1.165) is 12.8 Å². The monoisotopic (exact) mass is 288 g/mol. The van der Waals surface area contributed by atoms with E-state index in [0.29, 0.717) is 5.92 Å². The maximum atomic E-state index is 12.5. The van der Waals surface area contributed by atoms with Gasteiger partial charge in [0.25, 0.3) is 0 Å². The number of hydrogen-bond acceptors (Lipinski definition) is 2. The van der Waals surface area contributed by atoms with Gasteiger partial charge < -0.3 is 4.90 Å². The lowest BCUT2D eigenvalue weighted by atomic mass is 10.0. The van der Waals surface area contributed by atoms with E-state index in [4.69, 9.17) is 0 Å². The molecule has 0 saturated carbocycles. The Bertz CT molecular complexity index is 498. The van der Waals surface area contributed by atoms with Crippen molar-refractivity contribution in [3.8, 4) is 0 Å². The fourth-order valence-corrected chi connectivity index (χ4v) is 3.02. The number of hydrogen-bond donors (Lipinski definition) is 1. The summed E-state index contributed by atoms with van der Waals surface area (Å²) in [6, 6.07) is 8.61. The third-order valence-corrected chi connectivity index (χ3v) is 4.31. The van der Waals surface area contributed by atoms with Gasteiger partial charge in [-0.15, -0.1) is 0 Å². The third-order valence-electron chi connectivity index (χ3n) is 4.31. The van der Waals surface area contributed by atoms with Crippen LogP contribution in [0.25, 0.3) is 0 Å². The zero-order valence-corrected chi connectivity index (χ0v) is 13.9. The van der Waals surface area contributed by atoms with Crippen molar-refractivity contribution in [2.75, 3.05) is 0 Å². The molecule has 2 rings (SSSR count). The van der Waals surface area contributed by atoms with Crippen molar-refractivity contribution in [3.05, 3.63) is 35.4 Å². The quantitative estimate of drug-likeness (QED) is 0.897. The molecule has 3 atom stereocenters. The molecule has 1 aliphatic rings. The van der Waals surface area contributed by atoms with E-state index in [2.05, 4.69) is 57.3 Å². The van der Waals surface area contributed by atoms with Crippen molar-refractivity contribution in [2.45, 2.75) is 65.7 Å². The maximum Gasteiger partial charge on any atom is 0.241 e. The maximum absolute atomic E-state index is 12.5. The topological polar surface area (TPSA) is 32.3 Å². The molecule has 1 aromatic rings. The molecule has 0 aromatic heterocycles. The second-order valence-corrected chi connectivity index (χ2v) is 6.77. The molecule has 21 heavy (non-hydrogen) atoms. The Labute approximate surface area is 128 Å². The van der Waals surface area contributed by atoms with Crippen LogP contribution >= 0.6 is 0 Å². The van der Waals surface area contributed by atoms with Crippen molar-refractivity contribution in [2.24, 2.45) is 5.92 Å². The molecule has 0 aliphatic carbocycles. The fourth-order valence-electron chi connectivity index (χ4n) is 3.02. The van der Waals surface area contributed by atoms with E-state index >= 15 is 0 Å². The van der Waals surface area contributed by atoms with Gasteiger partial charge in [0.2, 0.25) is 5.91 Å². The first-order chi connectivity index (χ1) is 9.90. The molecule has 1 fully saturated rings. The molecule has 0 bridgehead atoms. The van der Waals surface area contributed by atoms with Gasteiger partial charge in [0, 0.05) is 6.04 Å². The van der Waals surface area contributed by atoms with Crippen LogP contribution in [0, 0.1) is 12.8 Å². The molecule has 1 N–H and O–H groups in total. The number of carbonyl (C=O) groups is 1. The van der Waals surface area contributed by atoms with Gasteiger partial charge in [-0.2, -0.15) is 0 Å². The predicted molar refractivity (Wildman–Crippen MR) is 86.9 cm³/mol. The minimum absolute atomic E-state index is 0.00885. The van der Waals surface area contributed by atoms with E-state index in [-0.39, 0.29) is 24.2 Å². The van der Waals surface area contributed by atoms with Crippen molar-refractivity contribution in [1.29, 1.82) is 0 Å². The molecular weight excluding hydrogens is 260 g/mol. The number of carbonyl (C=O) groups excluding carboxylic acids is 1. The average molecular weight is 288 g/mol.